The maximum Gasteiger partial charge on any atom is 0.294 e. The van der Waals surface area contributed by atoms with Crippen LogP contribution >= 0.6 is 15.9 Å². The van der Waals surface area contributed by atoms with E-state index < -0.39 is 11.7 Å². The van der Waals surface area contributed by atoms with Gasteiger partial charge in [0.25, 0.3) is 5.91 Å². The second-order valence-corrected chi connectivity index (χ2v) is 5.58. The van der Waals surface area contributed by atoms with E-state index in [0.29, 0.717) is 5.56 Å². The molecule has 108 valence electrons. The molecule has 0 aliphatic rings. The number of ketones is 1. The maximum absolute atomic E-state index is 12.1. The Morgan fingerprint density at radius 2 is 1.81 bits per heavy atom. The van der Waals surface area contributed by atoms with Gasteiger partial charge in [-0.3, -0.25) is 9.59 Å². The van der Waals surface area contributed by atoms with E-state index in [9.17, 15) is 14.7 Å². The summed E-state index contributed by atoms with van der Waals surface area (Å²) in [6, 6.07) is 13.2. The molecular weight excluding hydrogens is 334 g/mol. The van der Waals surface area contributed by atoms with Crippen molar-refractivity contribution in [1.82, 2.24) is 4.90 Å². The minimum absolute atomic E-state index is 0.132. The van der Waals surface area contributed by atoms with Gasteiger partial charge in [0.2, 0.25) is 5.78 Å². The fourth-order valence-electron chi connectivity index (χ4n) is 1.90. The largest absolute Gasteiger partial charge is 0.508 e. The summed E-state index contributed by atoms with van der Waals surface area (Å²) in [6.07, 6.45) is 0. The Bertz CT molecular complexity index is 667. The number of rotatable bonds is 4. The van der Waals surface area contributed by atoms with Gasteiger partial charge in [0.05, 0.1) is 0 Å². The molecule has 0 radical (unpaired) electrons. The first-order chi connectivity index (χ1) is 9.97. The number of carbonyl (C=O) groups excluding carboxylic acids is 2. The van der Waals surface area contributed by atoms with Crippen molar-refractivity contribution < 1.29 is 14.7 Å². The molecule has 1 amide bonds. The number of amides is 1. The number of nitrogens with zero attached hydrogens (tertiary/aromatic N) is 1. The van der Waals surface area contributed by atoms with Gasteiger partial charge < -0.3 is 10.0 Å². The summed E-state index contributed by atoms with van der Waals surface area (Å²) in [6.45, 7) is 0.259. The van der Waals surface area contributed by atoms with Crippen LogP contribution in [0.25, 0.3) is 0 Å². The summed E-state index contributed by atoms with van der Waals surface area (Å²) in [7, 11) is 1.56. The van der Waals surface area contributed by atoms with E-state index >= 15 is 0 Å². The monoisotopic (exact) mass is 347 g/mol. The third-order valence-corrected chi connectivity index (χ3v) is 3.51. The van der Waals surface area contributed by atoms with Crippen LogP contribution in [0, 0.1) is 0 Å². The first kappa shape index (κ1) is 15.3. The molecule has 4 nitrogen and oxygen atoms in total. The topological polar surface area (TPSA) is 57.6 Å². The number of hydrogen-bond acceptors (Lipinski definition) is 3. The van der Waals surface area contributed by atoms with Crippen LogP contribution in [-0.2, 0) is 11.3 Å². The van der Waals surface area contributed by atoms with Gasteiger partial charge in [0.1, 0.15) is 5.75 Å². The van der Waals surface area contributed by atoms with Crippen molar-refractivity contribution in [3.05, 3.63) is 64.1 Å². The van der Waals surface area contributed by atoms with E-state index in [-0.39, 0.29) is 12.3 Å². The van der Waals surface area contributed by atoms with E-state index in [1.807, 2.05) is 0 Å². The zero-order valence-electron chi connectivity index (χ0n) is 11.4. The van der Waals surface area contributed by atoms with Crippen molar-refractivity contribution in [3.8, 4) is 5.75 Å². The van der Waals surface area contributed by atoms with Gasteiger partial charge in [-0.1, -0.05) is 28.1 Å². The summed E-state index contributed by atoms with van der Waals surface area (Å²) in [5, 5.41) is 9.40. The van der Waals surface area contributed by atoms with Crippen molar-refractivity contribution in [1.29, 1.82) is 0 Å². The summed E-state index contributed by atoms with van der Waals surface area (Å²) in [5.41, 5.74) is 1.11. The quantitative estimate of drug-likeness (QED) is 0.683. The summed E-state index contributed by atoms with van der Waals surface area (Å²) in [5.74, 6) is -1.00. The van der Waals surface area contributed by atoms with Crippen molar-refractivity contribution in [2.45, 2.75) is 6.54 Å². The van der Waals surface area contributed by atoms with Crippen molar-refractivity contribution in [2.24, 2.45) is 0 Å². The van der Waals surface area contributed by atoms with Crippen LogP contribution in [0.3, 0.4) is 0 Å². The van der Waals surface area contributed by atoms with E-state index in [4.69, 9.17) is 0 Å². The number of benzene rings is 2. The number of phenols is 1. The SMILES string of the molecule is CN(Cc1cccc(O)c1)C(=O)C(=O)c1ccc(Br)cc1. The molecule has 0 aliphatic carbocycles. The van der Waals surface area contributed by atoms with Crippen molar-refractivity contribution in [2.75, 3.05) is 7.05 Å². The Morgan fingerprint density at radius 3 is 2.43 bits per heavy atom. The highest BCUT2D eigenvalue weighted by atomic mass is 79.9. The fourth-order valence-corrected chi connectivity index (χ4v) is 2.16. The van der Waals surface area contributed by atoms with Gasteiger partial charge in [-0.25, -0.2) is 0 Å². The lowest BCUT2D eigenvalue weighted by Crippen LogP contribution is -2.32. The van der Waals surface area contributed by atoms with Crippen molar-refractivity contribution >= 4 is 27.6 Å². The molecule has 0 aliphatic heterocycles. The van der Waals surface area contributed by atoms with Gasteiger partial charge in [-0.05, 0) is 42.0 Å². The van der Waals surface area contributed by atoms with Gasteiger partial charge in [0, 0.05) is 23.6 Å². The van der Waals surface area contributed by atoms with E-state index in [0.717, 1.165) is 10.0 Å². The van der Waals surface area contributed by atoms with Gasteiger partial charge >= 0.3 is 0 Å². The molecule has 0 aromatic heterocycles. The Hall–Kier alpha value is -2.14. The molecule has 0 unspecified atom stereocenters. The molecule has 0 fully saturated rings. The number of carbonyl (C=O) groups is 2. The summed E-state index contributed by atoms with van der Waals surface area (Å²) >= 11 is 3.28. The zero-order chi connectivity index (χ0) is 15.4. The molecule has 0 saturated heterocycles. The van der Waals surface area contributed by atoms with Gasteiger partial charge in [0.15, 0.2) is 0 Å². The first-order valence-electron chi connectivity index (χ1n) is 6.30. The molecule has 1 N–H and O–H groups in total. The molecule has 21 heavy (non-hydrogen) atoms. The number of halogens is 1. The lowest BCUT2D eigenvalue weighted by Gasteiger charge is -2.16. The van der Waals surface area contributed by atoms with E-state index in [1.165, 1.54) is 4.90 Å². The Labute approximate surface area is 131 Å². The number of phenolic OH excluding ortho intramolecular Hbond substituents is 1. The normalized spacial score (nSPS) is 10.2. The molecule has 0 spiro atoms. The summed E-state index contributed by atoms with van der Waals surface area (Å²) < 4.78 is 0.847. The lowest BCUT2D eigenvalue weighted by atomic mass is 10.1. The fraction of sp³-hybridized carbons (Fsp3) is 0.125. The highest BCUT2D eigenvalue weighted by Gasteiger charge is 2.20. The highest BCUT2D eigenvalue weighted by molar-refractivity contribution is 9.10. The van der Waals surface area contributed by atoms with Crippen LogP contribution < -0.4 is 0 Å². The van der Waals surface area contributed by atoms with Gasteiger partial charge in [-0.15, -0.1) is 0 Å². The maximum atomic E-state index is 12.1. The smallest absolute Gasteiger partial charge is 0.294 e. The highest BCUT2D eigenvalue weighted by Crippen LogP contribution is 2.14. The molecule has 0 heterocycles. The van der Waals surface area contributed by atoms with E-state index in [2.05, 4.69) is 15.9 Å². The van der Waals surface area contributed by atoms with Crippen LogP contribution in [0.4, 0.5) is 0 Å². The molecule has 5 heteroatoms. The molecule has 2 rings (SSSR count). The molecule has 0 bridgehead atoms. The Morgan fingerprint density at radius 1 is 1.14 bits per heavy atom. The molecule has 0 saturated carbocycles. The average Bonchev–Trinajstić information content (AvgIpc) is 2.46. The Kier molecular flexibility index (Phi) is 4.75. The first-order valence-corrected chi connectivity index (χ1v) is 7.10. The zero-order valence-corrected chi connectivity index (χ0v) is 13.0. The van der Waals surface area contributed by atoms with Crippen LogP contribution in [0.2, 0.25) is 0 Å². The third kappa shape index (κ3) is 3.92. The molecular formula is C16H14BrNO3. The minimum Gasteiger partial charge on any atom is -0.508 e. The van der Waals surface area contributed by atoms with Crippen LogP contribution in [-0.4, -0.2) is 28.7 Å². The van der Waals surface area contributed by atoms with Crippen LogP contribution in [0.5, 0.6) is 5.75 Å². The minimum atomic E-state index is -0.583. The van der Waals surface area contributed by atoms with Crippen LogP contribution in [0.15, 0.2) is 53.0 Å². The number of hydrogen-bond donors (Lipinski definition) is 1. The summed E-state index contributed by atoms with van der Waals surface area (Å²) in [4.78, 5) is 25.6. The van der Waals surface area contributed by atoms with Gasteiger partial charge in [-0.2, -0.15) is 0 Å². The van der Waals surface area contributed by atoms with Crippen molar-refractivity contribution in [3.63, 3.8) is 0 Å². The van der Waals surface area contributed by atoms with Crippen LogP contribution in [0.1, 0.15) is 15.9 Å². The third-order valence-electron chi connectivity index (χ3n) is 2.98. The average molecular weight is 348 g/mol. The number of aromatic hydroxyl groups is 1. The second kappa shape index (κ2) is 6.54. The molecule has 2 aromatic carbocycles. The predicted molar refractivity (Wildman–Crippen MR) is 83.1 cm³/mol. The second-order valence-electron chi connectivity index (χ2n) is 4.67. The standard InChI is InChI=1S/C16H14BrNO3/c1-18(10-11-3-2-4-14(19)9-11)16(21)15(20)12-5-7-13(17)8-6-12/h2-9,19H,10H2,1H3. The Balaban J connectivity index is 2.08. The predicted octanol–water partition coefficient (Wildman–Crippen LogP) is 3.00. The lowest BCUT2D eigenvalue weighted by molar-refractivity contribution is -0.125. The molecule has 0 atom stereocenters. The molecule has 2 aromatic rings. The van der Waals surface area contributed by atoms with E-state index in [1.54, 1.807) is 55.6 Å². The number of likely N-dealkylation sites (N-methyl/N-ethyl adjacent to an activating group) is 1. The number of Topliss-reactive ketones (excluding diaryl/α,β-unsaturated/α-hetero) is 1.